The average Bonchev–Trinajstić information content (AvgIpc) is 2.43. The third-order valence-corrected chi connectivity index (χ3v) is 2.98. The highest BCUT2D eigenvalue weighted by Crippen LogP contribution is 2.21. The van der Waals surface area contributed by atoms with Crippen LogP contribution in [0, 0.1) is 0 Å². The number of hydrogen-bond acceptors (Lipinski definition) is 5. The molecule has 19 heavy (non-hydrogen) atoms. The number of methoxy groups -OCH3 is 2. The van der Waals surface area contributed by atoms with Crippen molar-refractivity contribution < 1.29 is 19.1 Å². The van der Waals surface area contributed by atoms with Crippen molar-refractivity contribution in [1.82, 2.24) is 0 Å². The van der Waals surface area contributed by atoms with Gasteiger partial charge in [0.05, 0.1) is 19.8 Å². The molecule has 5 nitrogen and oxygen atoms in total. The molecule has 1 aromatic carbocycles. The molecular formula is C13H16BrNO4. The van der Waals surface area contributed by atoms with E-state index >= 15 is 0 Å². The molecule has 0 aromatic heterocycles. The summed E-state index contributed by atoms with van der Waals surface area (Å²) < 4.78 is 10.1. The fourth-order valence-electron chi connectivity index (χ4n) is 1.51. The Bertz CT molecular complexity index is 462. The van der Waals surface area contributed by atoms with E-state index in [4.69, 9.17) is 4.74 Å². The molecule has 0 amide bonds. The van der Waals surface area contributed by atoms with Gasteiger partial charge in [-0.3, -0.25) is 4.79 Å². The number of rotatable bonds is 6. The molecule has 104 valence electrons. The van der Waals surface area contributed by atoms with E-state index < -0.39 is 5.97 Å². The Balaban J connectivity index is 2.62. The van der Waals surface area contributed by atoms with Gasteiger partial charge in [0.25, 0.3) is 0 Å². The molecular weight excluding hydrogens is 314 g/mol. The Labute approximate surface area is 120 Å². The number of nitrogens with one attached hydrogen (secondary N) is 1. The van der Waals surface area contributed by atoms with Crippen molar-refractivity contribution >= 4 is 33.6 Å². The van der Waals surface area contributed by atoms with Crippen molar-refractivity contribution in [2.24, 2.45) is 0 Å². The predicted molar refractivity (Wildman–Crippen MR) is 75.2 cm³/mol. The lowest BCUT2D eigenvalue weighted by atomic mass is 10.1. The molecule has 0 fully saturated rings. The lowest BCUT2D eigenvalue weighted by molar-refractivity contribution is -0.140. The topological polar surface area (TPSA) is 64.6 Å². The summed E-state index contributed by atoms with van der Waals surface area (Å²) in [6.45, 7) is 0.570. The van der Waals surface area contributed by atoms with Gasteiger partial charge in [0.2, 0.25) is 0 Å². The average molecular weight is 330 g/mol. The summed E-state index contributed by atoms with van der Waals surface area (Å²) in [6, 6.07) is 5.30. The van der Waals surface area contributed by atoms with E-state index in [1.807, 2.05) is 6.07 Å². The minimum Gasteiger partial charge on any atom is -0.469 e. The lowest BCUT2D eigenvalue weighted by Gasteiger charge is -2.11. The highest BCUT2D eigenvalue weighted by Gasteiger charge is 2.12. The molecule has 0 aliphatic rings. The number of hydrogen-bond donors (Lipinski definition) is 1. The van der Waals surface area contributed by atoms with Gasteiger partial charge in [-0.15, -0.1) is 0 Å². The van der Waals surface area contributed by atoms with Crippen LogP contribution in [0.3, 0.4) is 0 Å². The zero-order valence-corrected chi connectivity index (χ0v) is 12.5. The van der Waals surface area contributed by atoms with Crippen molar-refractivity contribution in [3.05, 3.63) is 28.2 Å². The van der Waals surface area contributed by atoms with E-state index in [1.54, 1.807) is 12.1 Å². The molecule has 0 saturated carbocycles. The van der Waals surface area contributed by atoms with Crippen LogP contribution in [0.15, 0.2) is 22.7 Å². The van der Waals surface area contributed by atoms with Gasteiger partial charge in [0.15, 0.2) is 0 Å². The standard InChI is InChI=1S/C13H16BrNO4/c1-18-12(16)4-3-7-15-11-6-5-9(14)8-10(11)13(17)19-2/h5-6,8,15H,3-4,7H2,1-2H3. The maximum Gasteiger partial charge on any atom is 0.340 e. The molecule has 1 rings (SSSR count). The Hall–Kier alpha value is -1.56. The molecule has 0 atom stereocenters. The minimum absolute atomic E-state index is 0.245. The number of carbonyl (C=O) groups excluding carboxylic acids is 2. The summed E-state index contributed by atoms with van der Waals surface area (Å²) in [7, 11) is 2.70. The summed E-state index contributed by atoms with van der Waals surface area (Å²) in [5.41, 5.74) is 1.13. The largest absolute Gasteiger partial charge is 0.469 e. The van der Waals surface area contributed by atoms with Gasteiger partial charge < -0.3 is 14.8 Å². The van der Waals surface area contributed by atoms with Gasteiger partial charge in [-0.1, -0.05) is 15.9 Å². The maximum absolute atomic E-state index is 11.6. The number of ether oxygens (including phenoxy) is 2. The smallest absolute Gasteiger partial charge is 0.340 e. The van der Waals surface area contributed by atoms with Gasteiger partial charge in [-0.25, -0.2) is 4.79 Å². The zero-order valence-electron chi connectivity index (χ0n) is 10.9. The van der Waals surface area contributed by atoms with Crippen LogP contribution < -0.4 is 5.32 Å². The fourth-order valence-corrected chi connectivity index (χ4v) is 1.87. The third-order valence-electron chi connectivity index (χ3n) is 2.49. The molecule has 0 aliphatic heterocycles. The molecule has 6 heteroatoms. The second-order valence-electron chi connectivity index (χ2n) is 3.79. The number of anilines is 1. The first-order valence-corrected chi connectivity index (χ1v) is 6.56. The molecule has 1 aromatic rings. The SMILES string of the molecule is COC(=O)CCCNc1ccc(Br)cc1C(=O)OC. The normalized spacial score (nSPS) is 9.84. The molecule has 0 bridgehead atoms. The van der Waals surface area contributed by atoms with E-state index in [9.17, 15) is 9.59 Å². The van der Waals surface area contributed by atoms with Crippen molar-refractivity contribution in [2.75, 3.05) is 26.1 Å². The predicted octanol–water partition coefficient (Wildman–Crippen LogP) is 2.60. The first-order chi connectivity index (χ1) is 9.08. The number of esters is 2. The quantitative estimate of drug-likeness (QED) is 0.642. The Kier molecular flexibility index (Phi) is 6.35. The van der Waals surface area contributed by atoms with Crippen LogP contribution in [0.2, 0.25) is 0 Å². The van der Waals surface area contributed by atoms with Crippen molar-refractivity contribution in [1.29, 1.82) is 0 Å². The Morgan fingerprint density at radius 1 is 1.26 bits per heavy atom. The van der Waals surface area contributed by atoms with Crippen LogP contribution in [-0.4, -0.2) is 32.7 Å². The van der Waals surface area contributed by atoms with Gasteiger partial charge in [0, 0.05) is 23.1 Å². The minimum atomic E-state index is -0.406. The van der Waals surface area contributed by atoms with Crippen molar-refractivity contribution in [3.8, 4) is 0 Å². The summed E-state index contributed by atoms with van der Waals surface area (Å²) >= 11 is 3.31. The van der Waals surface area contributed by atoms with Crippen LogP contribution in [0.1, 0.15) is 23.2 Å². The first kappa shape index (κ1) is 15.5. The van der Waals surface area contributed by atoms with Crippen molar-refractivity contribution in [2.45, 2.75) is 12.8 Å². The molecule has 0 aliphatic carbocycles. The van der Waals surface area contributed by atoms with E-state index in [-0.39, 0.29) is 5.97 Å². The van der Waals surface area contributed by atoms with Gasteiger partial charge >= 0.3 is 11.9 Å². The summed E-state index contributed by atoms with van der Waals surface area (Å²) in [6.07, 6.45) is 0.969. The molecule has 0 unspecified atom stereocenters. The third kappa shape index (κ3) is 4.90. The van der Waals surface area contributed by atoms with Crippen LogP contribution in [0.5, 0.6) is 0 Å². The fraction of sp³-hybridized carbons (Fsp3) is 0.385. The molecule has 0 saturated heterocycles. The number of benzene rings is 1. The van der Waals surface area contributed by atoms with Gasteiger partial charge in [-0.05, 0) is 24.6 Å². The Morgan fingerprint density at radius 3 is 2.63 bits per heavy atom. The van der Waals surface area contributed by atoms with Gasteiger partial charge in [-0.2, -0.15) is 0 Å². The molecule has 0 heterocycles. The highest BCUT2D eigenvalue weighted by molar-refractivity contribution is 9.10. The van der Waals surface area contributed by atoms with Crippen LogP contribution in [0.4, 0.5) is 5.69 Å². The van der Waals surface area contributed by atoms with E-state index in [0.29, 0.717) is 30.6 Å². The van der Waals surface area contributed by atoms with Gasteiger partial charge in [0.1, 0.15) is 0 Å². The highest BCUT2D eigenvalue weighted by atomic mass is 79.9. The first-order valence-electron chi connectivity index (χ1n) is 5.77. The molecule has 0 radical (unpaired) electrons. The summed E-state index contributed by atoms with van der Waals surface area (Å²) in [5, 5.41) is 3.11. The molecule has 0 spiro atoms. The molecule has 1 N–H and O–H groups in total. The van der Waals surface area contributed by atoms with E-state index in [1.165, 1.54) is 14.2 Å². The van der Waals surface area contributed by atoms with Crippen LogP contribution in [-0.2, 0) is 14.3 Å². The van der Waals surface area contributed by atoms with Crippen LogP contribution >= 0.6 is 15.9 Å². The second-order valence-corrected chi connectivity index (χ2v) is 4.70. The van der Waals surface area contributed by atoms with E-state index in [2.05, 4.69) is 26.0 Å². The Morgan fingerprint density at radius 2 is 2.00 bits per heavy atom. The number of carbonyl (C=O) groups is 2. The van der Waals surface area contributed by atoms with Crippen LogP contribution in [0.25, 0.3) is 0 Å². The maximum atomic E-state index is 11.6. The van der Waals surface area contributed by atoms with Crippen molar-refractivity contribution in [3.63, 3.8) is 0 Å². The lowest BCUT2D eigenvalue weighted by Crippen LogP contribution is -2.11. The second kappa shape index (κ2) is 7.78. The van der Waals surface area contributed by atoms with E-state index in [0.717, 1.165) is 4.47 Å². The zero-order chi connectivity index (χ0) is 14.3. The monoisotopic (exact) mass is 329 g/mol. The summed E-state index contributed by atoms with van der Waals surface area (Å²) in [4.78, 5) is 22.6. The summed E-state index contributed by atoms with van der Waals surface area (Å²) in [5.74, 6) is -0.650. The number of halogens is 1.